The van der Waals surface area contributed by atoms with Crippen molar-refractivity contribution in [2.45, 2.75) is 13.5 Å². The van der Waals surface area contributed by atoms with Crippen molar-refractivity contribution < 1.29 is 4.79 Å². The molecule has 0 fully saturated rings. The normalized spacial score (nSPS) is 10.1. The van der Waals surface area contributed by atoms with Crippen LogP contribution in [-0.2, 0) is 6.54 Å². The van der Waals surface area contributed by atoms with Gasteiger partial charge in [-0.05, 0) is 36.2 Å². The zero-order valence-corrected chi connectivity index (χ0v) is 11.7. The molecule has 2 aromatic rings. The average Bonchev–Trinajstić information content (AvgIpc) is 2.37. The van der Waals surface area contributed by atoms with Crippen molar-refractivity contribution in [1.82, 2.24) is 5.32 Å². The number of amides is 1. The summed E-state index contributed by atoms with van der Waals surface area (Å²) in [5, 5.41) is 2.92. The molecule has 0 aliphatic heterocycles. The van der Waals surface area contributed by atoms with Crippen molar-refractivity contribution in [3.8, 4) is 0 Å². The Kier molecular flexibility index (Phi) is 4.15. The Balaban J connectivity index is 2.03. The first-order valence-corrected chi connectivity index (χ1v) is 6.54. The molecule has 0 bridgehead atoms. The highest BCUT2D eigenvalue weighted by Crippen LogP contribution is 2.12. The zero-order valence-electron chi connectivity index (χ0n) is 10.1. The second-order valence-electron chi connectivity index (χ2n) is 4.12. The van der Waals surface area contributed by atoms with Gasteiger partial charge in [-0.25, -0.2) is 0 Å². The van der Waals surface area contributed by atoms with Crippen LogP contribution < -0.4 is 5.32 Å². The second kappa shape index (κ2) is 5.83. The highest BCUT2D eigenvalue weighted by molar-refractivity contribution is 9.10. The minimum absolute atomic E-state index is 0.0560. The number of carbonyl (C=O) groups excluding carboxylic acids is 1. The molecule has 0 aliphatic carbocycles. The molecule has 1 N–H and O–H groups in total. The Morgan fingerprint density at radius 1 is 1.17 bits per heavy atom. The molecule has 0 radical (unpaired) electrons. The van der Waals surface area contributed by atoms with Gasteiger partial charge in [-0.15, -0.1) is 0 Å². The lowest BCUT2D eigenvalue weighted by Gasteiger charge is -2.08. The number of nitrogens with one attached hydrogen (secondary N) is 1. The van der Waals surface area contributed by atoms with Crippen molar-refractivity contribution >= 4 is 21.8 Å². The maximum absolute atomic E-state index is 11.9. The van der Waals surface area contributed by atoms with Crippen molar-refractivity contribution in [2.24, 2.45) is 0 Å². The van der Waals surface area contributed by atoms with E-state index < -0.39 is 0 Å². The van der Waals surface area contributed by atoms with Gasteiger partial charge in [0, 0.05) is 16.6 Å². The van der Waals surface area contributed by atoms with Crippen LogP contribution in [0.2, 0.25) is 0 Å². The summed E-state index contributed by atoms with van der Waals surface area (Å²) in [5.74, 6) is -0.0560. The third-order valence-corrected chi connectivity index (χ3v) is 3.28. The molecule has 2 aromatic carbocycles. The Morgan fingerprint density at radius 3 is 2.67 bits per heavy atom. The summed E-state index contributed by atoms with van der Waals surface area (Å²) < 4.78 is 0.908. The van der Waals surface area contributed by atoms with Gasteiger partial charge in [0.05, 0.1) is 0 Å². The van der Waals surface area contributed by atoms with Crippen LogP contribution >= 0.6 is 15.9 Å². The zero-order chi connectivity index (χ0) is 13.0. The quantitative estimate of drug-likeness (QED) is 0.920. The maximum atomic E-state index is 11.9. The first-order valence-electron chi connectivity index (χ1n) is 5.75. The van der Waals surface area contributed by atoms with Crippen LogP contribution in [0.1, 0.15) is 21.5 Å². The van der Waals surface area contributed by atoms with E-state index >= 15 is 0 Å². The Hall–Kier alpha value is -1.61. The lowest BCUT2D eigenvalue weighted by atomic mass is 10.1. The Bertz CT molecular complexity index is 566. The maximum Gasteiger partial charge on any atom is 0.251 e. The van der Waals surface area contributed by atoms with E-state index in [1.807, 2.05) is 49.4 Å². The molecule has 3 heteroatoms. The van der Waals surface area contributed by atoms with Crippen molar-refractivity contribution in [3.05, 3.63) is 69.7 Å². The van der Waals surface area contributed by atoms with Crippen LogP contribution in [-0.4, -0.2) is 5.91 Å². The van der Waals surface area contributed by atoms with Gasteiger partial charge < -0.3 is 5.32 Å². The molecular formula is C15H14BrNO. The Morgan fingerprint density at radius 2 is 1.94 bits per heavy atom. The van der Waals surface area contributed by atoms with Gasteiger partial charge >= 0.3 is 0 Å². The van der Waals surface area contributed by atoms with Gasteiger partial charge in [0.25, 0.3) is 5.91 Å². The smallest absolute Gasteiger partial charge is 0.251 e. The van der Waals surface area contributed by atoms with Gasteiger partial charge in [-0.2, -0.15) is 0 Å². The molecule has 0 aliphatic rings. The van der Waals surface area contributed by atoms with Crippen LogP contribution in [0.5, 0.6) is 0 Å². The third kappa shape index (κ3) is 3.20. The van der Waals surface area contributed by atoms with E-state index in [1.165, 1.54) is 5.56 Å². The first-order chi connectivity index (χ1) is 8.66. The lowest BCUT2D eigenvalue weighted by molar-refractivity contribution is 0.0951. The van der Waals surface area contributed by atoms with Crippen molar-refractivity contribution in [1.29, 1.82) is 0 Å². The topological polar surface area (TPSA) is 29.1 Å². The summed E-state index contributed by atoms with van der Waals surface area (Å²) in [6.45, 7) is 2.60. The fourth-order valence-electron chi connectivity index (χ4n) is 1.72. The monoisotopic (exact) mass is 303 g/mol. The first kappa shape index (κ1) is 12.8. The largest absolute Gasteiger partial charge is 0.348 e. The van der Waals surface area contributed by atoms with Crippen LogP contribution in [0.4, 0.5) is 0 Å². The standard InChI is InChI=1S/C15H14BrNO/c1-11-5-2-3-6-13(11)10-17-15(18)12-7-4-8-14(16)9-12/h2-9H,10H2,1H3,(H,17,18). The molecule has 1 amide bonds. The van der Waals surface area contributed by atoms with Crippen LogP contribution in [0.3, 0.4) is 0 Å². The number of carbonyl (C=O) groups is 1. The number of hydrogen-bond acceptors (Lipinski definition) is 1. The van der Waals surface area contributed by atoms with Gasteiger partial charge in [-0.1, -0.05) is 46.3 Å². The van der Waals surface area contributed by atoms with Crippen molar-refractivity contribution in [3.63, 3.8) is 0 Å². The molecule has 0 saturated heterocycles. The number of aryl methyl sites for hydroxylation is 1. The number of halogens is 1. The van der Waals surface area contributed by atoms with E-state index in [2.05, 4.69) is 21.2 Å². The van der Waals surface area contributed by atoms with Gasteiger partial charge in [-0.3, -0.25) is 4.79 Å². The molecule has 0 saturated carbocycles. The highest BCUT2D eigenvalue weighted by atomic mass is 79.9. The third-order valence-electron chi connectivity index (χ3n) is 2.79. The summed E-state index contributed by atoms with van der Waals surface area (Å²) >= 11 is 3.36. The molecule has 0 aromatic heterocycles. The molecule has 0 atom stereocenters. The SMILES string of the molecule is Cc1ccccc1CNC(=O)c1cccc(Br)c1. The number of benzene rings is 2. The molecular weight excluding hydrogens is 290 g/mol. The van der Waals surface area contributed by atoms with E-state index in [9.17, 15) is 4.79 Å². The summed E-state index contributed by atoms with van der Waals surface area (Å²) in [7, 11) is 0. The van der Waals surface area contributed by atoms with E-state index in [-0.39, 0.29) is 5.91 Å². The molecule has 0 unspecified atom stereocenters. The van der Waals surface area contributed by atoms with E-state index in [0.717, 1.165) is 10.0 Å². The van der Waals surface area contributed by atoms with Crippen LogP contribution in [0.25, 0.3) is 0 Å². The fraction of sp³-hybridized carbons (Fsp3) is 0.133. The molecule has 2 nitrogen and oxygen atoms in total. The van der Waals surface area contributed by atoms with Gasteiger partial charge in [0.1, 0.15) is 0 Å². The van der Waals surface area contributed by atoms with E-state index in [1.54, 1.807) is 6.07 Å². The number of hydrogen-bond donors (Lipinski definition) is 1. The van der Waals surface area contributed by atoms with Crippen LogP contribution in [0.15, 0.2) is 53.0 Å². The molecule has 0 heterocycles. The van der Waals surface area contributed by atoms with Gasteiger partial charge in [0.15, 0.2) is 0 Å². The average molecular weight is 304 g/mol. The predicted molar refractivity (Wildman–Crippen MR) is 76.5 cm³/mol. The van der Waals surface area contributed by atoms with Crippen molar-refractivity contribution in [2.75, 3.05) is 0 Å². The summed E-state index contributed by atoms with van der Waals surface area (Å²) in [5.41, 5.74) is 2.99. The molecule has 18 heavy (non-hydrogen) atoms. The van der Waals surface area contributed by atoms with E-state index in [4.69, 9.17) is 0 Å². The molecule has 2 rings (SSSR count). The fourth-order valence-corrected chi connectivity index (χ4v) is 2.11. The van der Waals surface area contributed by atoms with Crippen LogP contribution in [0, 0.1) is 6.92 Å². The second-order valence-corrected chi connectivity index (χ2v) is 5.04. The minimum Gasteiger partial charge on any atom is -0.348 e. The summed E-state index contributed by atoms with van der Waals surface area (Å²) in [4.78, 5) is 11.9. The summed E-state index contributed by atoms with van der Waals surface area (Å²) in [6, 6.07) is 15.4. The molecule has 0 spiro atoms. The van der Waals surface area contributed by atoms with E-state index in [0.29, 0.717) is 12.1 Å². The lowest BCUT2D eigenvalue weighted by Crippen LogP contribution is -2.23. The minimum atomic E-state index is -0.0560. The van der Waals surface area contributed by atoms with Gasteiger partial charge in [0.2, 0.25) is 0 Å². The highest BCUT2D eigenvalue weighted by Gasteiger charge is 2.05. The molecule has 92 valence electrons. The Labute approximate surface area is 115 Å². The predicted octanol–water partition coefficient (Wildman–Crippen LogP) is 3.69. The summed E-state index contributed by atoms with van der Waals surface area (Å²) in [6.07, 6.45) is 0. The number of rotatable bonds is 3.